The number of carbonyl (C=O) groups is 2. The van der Waals surface area contributed by atoms with E-state index >= 15 is 0 Å². The van der Waals surface area contributed by atoms with Crippen LogP contribution in [0.1, 0.15) is 29.7 Å². The molecule has 0 aromatic rings. The summed E-state index contributed by atoms with van der Waals surface area (Å²) >= 11 is 0. The van der Waals surface area contributed by atoms with Gasteiger partial charge in [0.25, 0.3) is 0 Å². The molecule has 132 valence electrons. The van der Waals surface area contributed by atoms with Crippen molar-refractivity contribution in [2.45, 2.75) is 29.7 Å². The summed E-state index contributed by atoms with van der Waals surface area (Å²) in [4.78, 5) is 22.0. The molecule has 0 aromatic heterocycles. The van der Waals surface area contributed by atoms with Gasteiger partial charge in [-0.1, -0.05) is 29.7 Å². The Balaban J connectivity index is -0.000000213. The fraction of sp³-hybridized carbons (Fsp3) is 0.857. The molecule has 21 heavy (non-hydrogen) atoms. The Kier molecular flexibility index (Phi) is 36.3. The van der Waals surface area contributed by atoms with E-state index in [1.807, 2.05) is 0 Å². The van der Waals surface area contributed by atoms with Crippen LogP contribution in [0.15, 0.2) is 0 Å². The molecule has 0 amide bonds. The number of methoxy groups -OCH3 is 2. The molecule has 0 aliphatic rings. The molecule has 0 saturated carbocycles. The Morgan fingerprint density at radius 1 is 0.667 bits per heavy atom. The molecule has 0 radical (unpaired) electrons. The number of hydrogen-bond acceptors (Lipinski definition) is 7. The second-order valence-electron chi connectivity index (χ2n) is 2.92. The molecule has 0 fully saturated rings. The summed E-state index contributed by atoms with van der Waals surface area (Å²) in [5.74, 6) is -1.10. The zero-order valence-electron chi connectivity index (χ0n) is 10.1. The molecule has 0 spiro atoms. The van der Waals surface area contributed by atoms with Crippen LogP contribution >= 0.6 is 0 Å². The molecule has 0 heterocycles. The highest BCUT2D eigenvalue weighted by atomic mass is 16.6. The first-order valence-corrected chi connectivity index (χ1v) is 5.07. The predicted molar refractivity (Wildman–Crippen MR) is 83.4 cm³/mol. The van der Waals surface area contributed by atoms with Crippen LogP contribution in [0.25, 0.3) is 0 Å². The molecule has 0 bridgehead atoms. The Labute approximate surface area is 129 Å². The summed E-state index contributed by atoms with van der Waals surface area (Å²) in [6.07, 6.45) is 0. The van der Waals surface area contributed by atoms with E-state index in [0.29, 0.717) is 13.2 Å². The highest BCUT2D eigenvalue weighted by Gasteiger charge is 2.06. The quantitative estimate of drug-likeness (QED) is 0.450. The Hall–Kier alpha value is -1.18. The van der Waals surface area contributed by atoms with Crippen LogP contribution in [0.2, 0.25) is 0 Å². The van der Waals surface area contributed by atoms with E-state index in [1.165, 1.54) is 14.2 Å². The lowest BCUT2D eigenvalue weighted by molar-refractivity contribution is -0.156. The lowest BCUT2D eigenvalue weighted by atomic mass is 10.6. The predicted octanol–water partition coefficient (Wildman–Crippen LogP) is 1.93. The largest absolute Gasteiger partial charge is 0.462 e. The first kappa shape index (κ1) is 32.0. The van der Waals surface area contributed by atoms with Gasteiger partial charge >= 0.3 is 11.9 Å². The highest BCUT2D eigenvalue weighted by molar-refractivity contribution is 5.73. The van der Waals surface area contributed by atoms with Crippen molar-refractivity contribution in [1.82, 2.24) is 0 Å². The van der Waals surface area contributed by atoms with Crippen LogP contribution in [0.4, 0.5) is 0 Å². The van der Waals surface area contributed by atoms with Crippen molar-refractivity contribution in [3.8, 4) is 0 Å². The van der Waals surface area contributed by atoms with Crippen molar-refractivity contribution in [1.29, 1.82) is 0 Å². The summed E-state index contributed by atoms with van der Waals surface area (Å²) in [5, 5.41) is 0. The molecule has 7 heteroatoms. The minimum atomic E-state index is -0.549. The van der Waals surface area contributed by atoms with Crippen molar-refractivity contribution in [2.24, 2.45) is 0 Å². The minimum absolute atomic E-state index is 0. The van der Waals surface area contributed by atoms with Gasteiger partial charge in [0.1, 0.15) is 26.4 Å². The van der Waals surface area contributed by atoms with Crippen LogP contribution in [0, 0.1) is 0 Å². The molecule has 0 saturated heterocycles. The Morgan fingerprint density at radius 3 is 1.29 bits per heavy atom. The van der Waals surface area contributed by atoms with Crippen molar-refractivity contribution < 1.29 is 33.3 Å². The smallest absolute Gasteiger partial charge is 0.332 e. The van der Waals surface area contributed by atoms with Crippen LogP contribution < -0.4 is 0 Å². The lowest BCUT2D eigenvalue weighted by Crippen LogP contribution is -2.20. The number of hydrogen-bond donors (Lipinski definition) is 0. The third-order valence-electron chi connectivity index (χ3n) is 1.54. The molecular formula is C14H34O7. The molecule has 0 aliphatic carbocycles. The third-order valence-corrected chi connectivity index (χ3v) is 1.54. The van der Waals surface area contributed by atoms with E-state index < -0.39 is 11.9 Å². The van der Waals surface area contributed by atoms with E-state index in [9.17, 15) is 9.59 Å². The maximum Gasteiger partial charge on any atom is 0.332 e. The number of carbonyl (C=O) groups excluding carboxylic acids is 2. The second-order valence-corrected chi connectivity index (χ2v) is 2.92. The van der Waals surface area contributed by atoms with E-state index in [0.717, 1.165) is 0 Å². The monoisotopic (exact) mass is 314 g/mol. The van der Waals surface area contributed by atoms with E-state index in [2.05, 4.69) is 9.47 Å². The molecule has 0 rings (SSSR count). The number of ether oxygens (including phenoxy) is 5. The number of rotatable bonds is 10. The zero-order chi connectivity index (χ0) is 12.9. The van der Waals surface area contributed by atoms with E-state index in [1.54, 1.807) is 0 Å². The molecule has 0 atom stereocenters. The van der Waals surface area contributed by atoms with Crippen LogP contribution in [0.5, 0.6) is 0 Å². The normalized spacial score (nSPS) is 8.10. The summed E-state index contributed by atoms with van der Waals surface area (Å²) < 4.78 is 23.6. The lowest BCUT2D eigenvalue weighted by Gasteiger charge is -2.06. The molecule has 7 nitrogen and oxygen atoms in total. The fourth-order valence-electron chi connectivity index (χ4n) is 0.779. The van der Waals surface area contributed by atoms with Gasteiger partial charge < -0.3 is 23.7 Å². The fourth-order valence-corrected chi connectivity index (χ4v) is 0.779. The van der Waals surface area contributed by atoms with E-state index in [-0.39, 0.29) is 56.1 Å². The van der Waals surface area contributed by atoms with Gasteiger partial charge in [-0.3, -0.25) is 0 Å². The summed E-state index contributed by atoms with van der Waals surface area (Å²) in [6.45, 7) is 0.399. The maximum atomic E-state index is 11.0. The summed E-state index contributed by atoms with van der Waals surface area (Å²) in [5.41, 5.74) is 0. The van der Waals surface area contributed by atoms with Gasteiger partial charge in [-0.2, -0.15) is 0 Å². The SMILES string of the molecule is C.C.C.C.COCCOC(=O)COCC(=O)OCCOC. The van der Waals surface area contributed by atoms with Gasteiger partial charge in [0.2, 0.25) is 0 Å². The molecule has 0 aliphatic heterocycles. The molecule has 0 aromatic carbocycles. The maximum absolute atomic E-state index is 11.0. The Morgan fingerprint density at radius 2 is 1.00 bits per heavy atom. The topological polar surface area (TPSA) is 80.3 Å². The average molecular weight is 314 g/mol. The Bertz CT molecular complexity index is 197. The van der Waals surface area contributed by atoms with Gasteiger partial charge in [-0.25, -0.2) is 9.59 Å². The first-order chi connectivity index (χ1) is 8.20. The number of esters is 2. The van der Waals surface area contributed by atoms with Crippen LogP contribution in [0.3, 0.4) is 0 Å². The van der Waals surface area contributed by atoms with Gasteiger partial charge in [0.05, 0.1) is 13.2 Å². The van der Waals surface area contributed by atoms with Gasteiger partial charge in [0.15, 0.2) is 0 Å². The van der Waals surface area contributed by atoms with Gasteiger partial charge in [-0.15, -0.1) is 0 Å². The highest BCUT2D eigenvalue weighted by Crippen LogP contribution is 1.85. The molecular weight excluding hydrogens is 280 g/mol. The molecule has 0 unspecified atom stereocenters. The third kappa shape index (κ3) is 24.2. The van der Waals surface area contributed by atoms with Crippen molar-refractivity contribution >= 4 is 11.9 Å². The molecule has 0 N–H and O–H groups in total. The van der Waals surface area contributed by atoms with E-state index in [4.69, 9.17) is 14.2 Å². The standard InChI is InChI=1S/C10H18O7.4CH4/c1-13-3-5-16-9(11)7-15-8-10(12)17-6-4-14-2;;;;/h3-8H2,1-2H3;4*1H4. The zero-order valence-corrected chi connectivity index (χ0v) is 10.1. The van der Waals surface area contributed by atoms with Gasteiger partial charge in [0, 0.05) is 14.2 Å². The summed E-state index contributed by atoms with van der Waals surface area (Å²) in [7, 11) is 3.00. The average Bonchev–Trinajstić information content (AvgIpc) is 2.30. The van der Waals surface area contributed by atoms with Gasteiger partial charge in [-0.05, 0) is 0 Å². The summed E-state index contributed by atoms with van der Waals surface area (Å²) in [6, 6.07) is 0. The second kappa shape index (κ2) is 23.9. The van der Waals surface area contributed by atoms with Crippen LogP contribution in [-0.4, -0.2) is 65.8 Å². The van der Waals surface area contributed by atoms with Crippen LogP contribution in [-0.2, 0) is 33.3 Å². The minimum Gasteiger partial charge on any atom is -0.462 e. The first-order valence-electron chi connectivity index (χ1n) is 5.07. The van der Waals surface area contributed by atoms with Crippen molar-refractivity contribution in [3.63, 3.8) is 0 Å². The van der Waals surface area contributed by atoms with Crippen molar-refractivity contribution in [3.05, 3.63) is 0 Å². The van der Waals surface area contributed by atoms with Crippen molar-refractivity contribution in [2.75, 3.05) is 53.9 Å².